The molecule has 0 spiro atoms. The first-order chi connectivity index (χ1) is 10.3. The van der Waals surface area contributed by atoms with Crippen molar-refractivity contribution in [2.24, 2.45) is 0 Å². The van der Waals surface area contributed by atoms with E-state index >= 15 is 0 Å². The highest BCUT2D eigenvalue weighted by atomic mass is 16.5. The summed E-state index contributed by atoms with van der Waals surface area (Å²) >= 11 is 0. The van der Waals surface area contributed by atoms with E-state index in [4.69, 9.17) is 4.74 Å². The average molecular weight is 285 g/mol. The van der Waals surface area contributed by atoms with Crippen LogP contribution >= 0.6 is 0 Å². The molecule has 0 unspecified atom stereocenters. The first-order valence-electron chi connectivity index (χ1n) is 7.04. The van der Waals surface area contributed by atoms with E-state index in [-0.39, 0.29) is 0 Å². The monoisotopic (exact) mass is 285 g/mol. The summed E-state index contributed by atoms with van der Waals surface area (Å²) in [6.45, 7) is 2.66. The van der Waals surface area contributed by atoms with Gasteiger partial charge in [-0.1, -0.05) is 0 Å². The zero-order chi connectivity index (χ0) is 14.5. The Hall–Kier alpha value is -2.34. The minimum atomic E-state index is 0.737. The number of nitrogens with zero attached hydrogens (tertiary/aromatic N) is 3. The van der Waals surface area contributed by atoms with Crippen molar-refractivity contribution >= 4 is 11.0 Å². The molecule has 1 aromatic carbocycles. The topological polar surface area (TPSA) is 67.8 Å². The molecule has 3 rings (SSSR count). The summed E-state index contributed by atoms with van der Waals surface area (Å²) in [4.78, 5) is 11.9. The Morgan fingerprint density at radius 3 is 3.14 bits per heavy atom. The number of aromatic amines is 1. The number of aromatic nitrogens is 4. The van der Waals surface area contributed by atoms with Gasteiger partial charge in [-0.25, -0.2) is 9.97 Å². The maximum absolute atomic E-state index is 5.21. The van der Waals surface area contributed by atoms with Crippen molar-refractivity contribution in [3.8, 4) is 5.75 Å². The molecule has 6 nitrogen and oxygen atoms in total. The molecule has 2 aromatic heterocycles. The van der Waals surface area contributed by atoms with Crippen LogP contribution in [0.15, 0.2) is 36.9 Å². The molecule has 0 aliphatic carbocycles. The Morgan fingerprint density at radius 1 is 1.38 bits per heavy atom. The van der Waals surface area contributed by atoms with E-state index < -0.39 is 0 Å². The number of H-pyrrole nitrogens is 1. The second kappa shape index (κ2) is 6.41. The zero-order valence-electron chi connectivity index (χ0n) is 12.0. The number of aryl methyl sites for hydroxylation is 1. The average Bonchev–Trinajstić information content (AvgIpc) is 3.14. The highest BCUT2D eigenvalue weighted by Gasteiger charge is 2.03. The van der Waals surface area contributed by atoms with Gasteiger partial charge >= 0.3 is 0 Å². The van der Waals surface area contributed by atoms with E-state index in [2.05, 4.69) is 24.8 Å². The van der Waals surface area contributed by atoms with Crippen LogP contribution in [0.25, 0.3) is 11.0 Å². The van der Waals surface area contributed by atoms with E-state index in [9.17, 15) is 0 Å². The van der Waals surface area contributed by atoms with Crippen molar-refractivity contribution in [1.29, 1.82) is 0 Å². The predicted molar refractivity (Wildman–Crippen MR) is 81.2 cm³/mol. The van der Waals surface area contributed by atoms with Gasteiger partial charge in [0.2, 0.25) is 0 Å². The SMILES string of the molecule is COc1ccc2nc(CNCCCn3ccnc3)[nH]c2c1. The Morgan fingerprint density at radius 2 is 2.33 bits per heavy atom. The normalized spacial score (nSPS) is 11.1. The molecular weight excluding hydrogens is 266 g/mol. The maximum atomic E-state index is 5.21. The summed E-state index contributed by atoms with van der Waals surface area (Å²) in [6, 6.07) is 5.85. The van der Waals surface area contributed by atoms with Gasteiger partial charge in [-0.3, -0.25) is 0 Å². The van der Waals surface area contributed by atoms with Crippen LogP contribution in [0.5, 0.6) is 5.75 Å². The quantitative estimate of drug-likeness (QED) is 0.651. The summed E-state index contributed by atoms with van der Waals surface area (Å²) < 4.78 is 7.29. The molecule has 0 aliphatic rings. The van der Waals surface area contributed by atoms with Crippen molar-refractivity contribution in [3.63, 3.8) is 0 Å². The second-order valence-electron chi connectivity index (χ2n) is 4.90. The molecule has 21 heavy (non-hydrogen) atoms. The first kappa shape index (κ1) is 13.6. The first-order valence-corrected chi connectivity index (χ1v) is 7.04. The molecule has 3 aromatic rings. The van der Waals surface area contributed by atoms with Gasteiger partial charge in [0.25, 0.3) is 0 Å². The number of benzene rings is 1. The van der Waals surface area contributed by atoms with Crippen LogP contribution in [0, 0.1) is 0 Å². The Balaban J connectivity index is 1.48. The molecule has 0 amide bonds. The predicted octanol–water partition coefficient (Wildman–Crippen LogP) is 1.95. The van der Waals surface area contributed by atoms with Crippen LogP contribution in [-0.4, -0.2) is 33.2 Å². The number of rotatable bonds is 7. The van der Waals surface area contributed by atoms with E-state index in [1.165, 1.54) is 0 Å². The van der Waals surface area contributed by atoms with E-state index in [0.29, 0.717) is 0 Å². The third-order valence-corrected chi connectivity index (χ3v) is 3.36. The minimum Gasteiger partial charge on any atom is -0.497 e. The zero-order valence-corrected chi connectivity index (χ0v) is 12.0. The number of nitrogens with one attached hydrogen (secondary N) is 2. The van der Waals surface area contributed by atoms with Crippen LogP contribution in [0.2, 0.25) is 0 Å². The molecule has 6 heteroatoms. The van der Waals surface area contributed by atoms with Crippen molar-refractivity contribution < 1.29 is 4.74 Å². The van der Waals surface area contributed by atoms with E-state index in [0.717, 1.165) is 48.7 Å². The van der Waals surface area contributed by atoms with Gasteiger partial charge in [-0.15, -0.1) is 0 Å². The number of hydrogen-bond donors (Lipinski definition) is 2. The third-order valence-electron chi connectivity index (χ3n) is 3.36. The summed E-state index contributed by atoms with van der Waals surface area (Å²) in [5.41, 5.74) is 1.97. The lowest BCUT2D eigenvalue weighted by molar-refractivity contribution is 0.415. The number of methoxy groups -OCH3 is 1. The van der Waals surface area contributed by atoms with Crippen LogP contribution in [0.1, 0.15) is 12.2 Å². The lowest BCUT2D eigenvalue weighted by Gasteiger charge is -2.03. The second-order valence-corrected chi connectivity index (χ2v) is 4.90. The van der Waals surface area contributed by atoms with Gasteiger partial charge in [0.1, 0.15) is 11.6 Å². The van der Waals surface area contributed by atoms with Gasteiger partial charge in [-0.2, -0.15) is 0 Å². The Labute approximate surface area is 123 Å². The van der Waals surface area contributed by atoms with Gasteiger partial charge in [0.05, 0.1) is 31.0 Å². The van der Waals surface area contributed by atoms with Crippen molar-refractivity contribution in [2.45, 2.75) is 19.5 Å². The van der Waals surface area contributed by atoms with Crippen LogP contribution in [-0.2, 0) is 13.1 Å². The molecule has 0 fully saturated rings. The van der Waals surface area contributed by atoms with Gasteiger partial charge in [0, 0.05) is 25.0 Å². The maximum Gasteiger partial charge on any atom is 0.121 e. The fourth-order valence-electron chi connectivity index (χ4n) is 2.26. The highest BCUT2D eigenvalue weighted by Crippen LogP contribution is 2.18. The van der Waals surface area contributed by atoms with Crippen LogP contribution < -0.4 is 10.1 Å². The molecule has 110 valence electrons. The minimum absolute atomic E-state index is 0.737. The van der Waals surface area contributed by atoms with Crippen molar-refractivity contribution in [2.75, 3.05) is 13.7 Å². The Bertz CT molecular complexity index is 689. The fraction of sp³-hybridized carbons (Fsp3) is 0.333. The smallest absolute Gasteiger partial charge is 0.121 e. The standard InChI is InChI=1S/C15H19N5O/c1-21-12-3-4-13-14(9-12)19-15(18-13)10-16-5-2-7-20-8-6-17-11-20/h3-4,6,8-9,11,16H,2,5,7,10H2,1H3,(H,18,19). The fourth-order valence-corrected chi connectivity index (χ4v) is 2.26. The number of hydrogen-bond acceptors (Lipinski definition) is 4. The summed E-state index contributed by atoms with van der Waals surface area (Å²) in [5, 5.41) is 3.39. The lowest BCUT2D eigenvalue weighted by atomic mass is 10.3. The van der Waals surface area contributed by atoms with Gasteiger partial charge in [0.15, 0.2) is 0 Å². The number of ether oxygens (including phenoxy) is 1. The van der Waals surface area contributed by atoms with Crippen molar-refractivity contribution in [1.82, 2.24) is 24.8 Å². The molecule has 0 saturated heterocycles. The van der Waals surface area contributed by atoms with E-state index in [1.54, 1.807) is 13.3 Å². The molecule has 0 saturated carbocycles. The largest absolute Gasteiger partial charge is 0.497 e. The molecular formula is C15H19N5O. The molecule has 2 heterocycles. The lowest BCUT2D eigenvalue weighted by Crippen LogP contribution is -2.17. The molecule has 2 N–H and O–H groups in total. The summed E-state index contributed by atoms with van der Waals surface area (Å²) in [7, 11) is 1.67. The molecule has 0 radical (unpaired) electrons. The van der Waals surface area contributed by atoms with Crippen molar-refractivity contribution in [3.05, 3.63) is 42.7 Å². The number of fused-ring (bicyclic) bond motifs is 1. The van der Waals surface area contributed by atoms with Gasteiger partial charge in [-0.05, 0) is 25.1 Å². The Kier molecular flexibility index (Phi) is 4.16. The number of imidazole rings is 2. The highest BCUT2D eigenvalue weighted by molar-refractivity contribution is 5.76. The van der Waals surface area contributed by atoms with E-state index in [1.807, 2.05) is 30.7 Å². The molecule has 0 bridgehead atoms. The summed E-state index contributed by atoms with van der Waals surface area (Å²) in [6.07, 6.45) is 6.68. The van der Waals surface area contributed by atoms with Gasteiger partial charge < -0.3 is 19.6 Å². The van der Waals surface area contributed by atoms with Crippen LogP contribution in [0.3, 0.4) is 0 Å². The summed E-state index contributed by atoms with van der Waals surface area (Å²) in [5.74, 6) is 1.78. The third kappa shape index (κ3) is 3.41. The molecule has 0 aliphatic heterocycles. The van der Waals surface area contributed by atoms with Crippen LogP contribution in [0.4, 0.5) is 0 Å². The molecule has 0 atom stereocenters.